The van der Waals surface area contributed by atoms with E-state index in [9.17, 15) is 4.79 Å². The number of amides is 2. The first-order valence-electron chi connectivity index (χ1n) is 12.0. The third-order valence-corrected chi connectivity index (χ3v) is 7.06. The third-order valence-electron chi connectivity index (χ3n) is 6.24. The van der Waals surface area contributed by atoms with Gasteiger partial charge in [0.25, 0.3) is 0 Å². The van der Waals surface area contributed by atoms with Crippen molar-refractivity contribution in [3.63, 3.8) is 0 Å². The molecule has 1 aliphatic rings. The molecule has 0 radical (unpaired) electrons. The number of rotatable bonds is 8. The van der Waals surface area contributed by atoms with Crippen molar-refractivity contribution in [2.24, 2.45) is 0 Å². The second-order valence-electron chi connectivity index (χ2n) is 8.91. The Morgan fingerprint density at radius 1 is 1.09 bits per heavy atom. The minimum absolute atomic E-state index is 0.0107. The molecule has 2 aromatic carbocycles. The average Bonchev–Trinajstić information content (AvgIpc) is 3.26. The Kier molecular flexibility index (Phi) is 7.83. The lowest BCUT2D eigenvalue weighted by Gasteiger charge is -2.35. The van der Waals surface area contributed by atoms with Crippen LogP contribution in [0.5, 0.6) is 0 Å². The molecule has 0 atom stereocenters. The SMILES string of the molecule is CCCNC(=O)N(c1ccccc1CCN1CCN(c2nsc3ccccc23)CC1)C(C)C. The number of benzene rings is 2. The topological polar surface area (TPSA) is 51.7 Å². The van der Waals surface area contributed by atoms with E-state index in [1.165, 1.54) is 15.6 Å². The molecule has 0 bridgehead atoms. The highest BCUT2D eigenvalue weighted by Crippen LogP contribution is 2.30. The van der Waals surface area contributed by atoms with Gasteiger partial charge in [0.2, 0.25) is 0 Å². The molecule has 2 amide bonds. The van der Waals surface area contributed by atoms with Crippen LogP contribution in [0.25, 0.3) is 10.1 Å². The number of hydrogen-bond donors (Lipinski definition) is 1. The van der Waals surface area contributed by atoms with Crippen LogP contribution in [-0.2, 0) is 6.42 Å². The molecule has 3 aromatic rings. The molecule has 0 unspecified atom stereocenters. The lowest BCUT2D eigenvalue weighted by Crippen LogP contribution is -2.47. The molecule has 1 saturated heterocycles. The van der Waals surface area contributed by atoms with Crippen molar-refractivity contribution in [3.8, 4) is 0 Å². The molecule has 33 heavy (non-hydrogen) atoms. The van der Waals surface area contributed by atoms with Gasteiger partial charge in [0.1, 0.15) is 5.82 Å². The first-order valence-corrected chi connectivity index (χ1v) is 12.8. The third kappa shape index (κ3) is 5.47. The Morgan fingerprint density at radius 2 is 1.82 bits per heavy atom. The molecule has 1 N–H and O–H groups in total. The maximum Gasteiger partial charge on any atom is 0.322 e. The minimum Gasteiger partial charge on any atom is -0.353 e. The van der Waals surface area contributed by atoms with E-state index in [1.54, 1.807) is 11.5 Å². The van der Waals surface area contributed by atoms with Crippen LogP contribution >= 0.6 is 11.5 Å². The fraction of sp³-hybridized carbons (Fsp3) is 0.462. The minimum atomic E-state index is -0.0107. The predicted molar refractivity (Wildman–Crippen MR) is 140 cm³/mol. The van der Waals surface area contributed by atoms with Gasteiger partial charge in [-0.05, 0) is 62.0 Å². The van der Waals surface area contributed by atoms with Crippen LogP contribution in [0.15, 0.2) is 48.5 Å². The van der Waals surface area contributed by atoms with Gasteiger partial charge >= 0.3 is 6.03 Å². The van der Waals surface area contributed by atoms with Gasteiger partial charge < -0.3 is 10.2 Å². The number of urea groups is 1. The van der Waals surface area contributed by atoms with E-state index in [1.807, 2.05) is 11.0 Å². The lowest BCUT2D eigenvalue weighted by molar-refractivity contribution is 0.244. The molecule has 6 nitrogen and oxygen atoms in total. The molecule has 7 heteroatoms. The molecule has 2 heterocycles. The van der Waals surface area contributed by atoms with Crippen LogP contribution < -0.4 is 15.1 Å². The molecule has 4 rings (SSSR count). The maximum atomic E-state index is 12.8. The summed E-state index contributed by atoms with van der Waals surface area (Å²) in [4.78, 5) is 19.7. The zero-order chi connectivity index (χ0) is 23.2. The summed E-state index contributed by atoms with van der Waals surface area (Å²) < 4.78 is 5.98. The van der Waals surface area contributed by atoms with E-state index in [2.05, 4.69) is 78.4 Å². The van der Waals surface area contributed by atoms with Crippen molar-refractivity contribution < 1.29 is 4.79 Å². The van der Waals surface area contributed by atoms with Crippen molar-refractivity contribution in [2.75, 3.05) is 49.1 Å². The number of hydrogen-bond acceptors (Lipinski definition) is 5. The van der Waals surface area contributed by atoms with Crippen molar-refractivity contribution in [1.82, 2.24) is 14.6 Å². The number of aromatic nitrogens is 1. The number of fused-ring (bicyclic) bond motifs is 1. The Bertz CT molecular complexity index is 1060. The van der Waals surface area contributed by atoms with E-state index in [-0.39, 0.29) is 12.1 Å². The van der Waals surface area contributed by atoms with Crippen molar-refractivity contribution in [3.05, 3.63) is 54.1 Å². The van der Waals surface area contributed by atoms with Crippen LogP contribution in [0.1, 0.15) is 32.8 Å². The second-order valence-corrected chi connectivity index (χ2v) is 9.71. The summed E-state index contributed by atoms with van der Waals surface area (Å²) >= 11 is 1.59. The zero-order valence-electron chi connectivity index (χ0n) is 20.0. The summed E-state index contributed by atoms with van der Waals surface area (Å²) in [6, 6.07) is 16.9. The predicted octanol–water partition coefficient (Wildman–Crippen LogP) is 5.00. The Labute approximate surface area is 201 Å². The van der Waals surface area contributed by atoms with E-state index in [0.29, 0.717) is 6.54 Å². The van der Waals surface area contributed by atoms with Crippen molar-refractivity contribution >= 4 is 39.2 Å². The van der Waals surface area contributed by atoms with Crippen molar-refractivity contribution in [2.45, 2.75) is 39.7 Å². The molecule has 0 aliphatic carbocycles. The van der Waals surface area contributed by atoms with Crippen LogP contribution in [0.3, 0.4) is 0 Å². The number of nitrogens with one attached hydrogen (secondary N) is 1. The molecule has 0 saturated carbocycles. The van der Waals surface area contributed by atoms with Crippen LogP contribution in [0.2, 0.25) is 0 Å². The van der Waals surface area contributed by atoms with E-state index in [4.69, 9.17) is 4.37 Å². The fourth-order valence-electron chi connectivity index (χ4n) is 4.46. The van der Waals surface area contributed by atoms with Gasteiger partial charge in [-0.3, -0.25) is 9.80 Å². The normalized spacial score (nSPS) is 14.7. The molecular weight excluding hydrogens is 430 g/mol. The summed E-state index contributed by atoms with van der Waals surface area (Å²) in [5.74, 6) is 1.13. The summed E-state index contributed by atoms with van der Waals surface area (Å²) in [6.07, 6.45) is 1.86. The fourth-order valence-corrected chi connectivity index (χ4v) is 5.25. The number of nitrogens with zero attached hydrogens (tertiary/aromatic N) is 4. The van der Waals surface area contributed by atoms with E-state index in [0.717, 1.165) is 57.1 Å². The largest absolute Gasteiger partial charge is 0.353 e. The number of anilines is 2. The van der Waals surface area contributed by atoms with Crippen LogP contribution in [0.4, 0.5) is 16.3 Å². The molecule has 1 aliphatic heterocycles. The van der Waals surface area contributed by atoms with E-state index < -0.39 is 0 Å². The molecule has 1 aromatic heterocycles. The highest BCUT2D eigenvalue weighted by molar-refractivity contribution is 7.13. The van der Waals surface area contributed by atoms with Gasteiger partial charge in [-0.25, -0.2) is 4.79 Å². The van der Waals surface area contributed by atoms with Crippen molar-refractivity contribution in [1.29, 1.82) is 0 Å². The van der Waals surface area contributed by atoms with Gasteiger partial charge in [-0.15, -0.1) is 0 Å². The Balaban J connectivity index is 1.38. The zero-order valence-corrected chi connectivity index (χ0v) is 20.8. The average molecular weight is 466 g/mol. The standard InChI is InChI=1S/C26H35N5OS/c1-4-14-27-26(32)31(20(2)3)23-11-7-5-9-21(23)13-15-29-16-18-30(19-17-29)25-22-10-6-8-12-24(22)33-28-25/h5-12,20H,4,13-19H2,1-3H3,(H,27,32). The highest BCUT2D eigenvalue weighted by Gasteiger charge is 2.23. The Morgan fingerprint density at radius 3 is 2.58 bits per heavy atom. The van der Waals surface area contributed by atoms with Gasteiger partial charge in [-0.2, -0.15) is 4.37 Å². The van der Waals surface area contributed by atoms with Crippen LogP contribution in [0, 0.1) is 0 Å². The molecule has 0 spiro atoms. The highest BCUT2D eigenvalue weighted by atomic mass is 32.1. The number of carbonyl (C=O) groups is 1. The van der Waals surface area contributed by atoms with Gasteiger partial charge in [0, 0.05) is 56.4 Å². The smallest absolute Gasteiger partial charge is 0.322 e. The summed E-state index contributed by atoms with van der Waals surface area (Å²) in [5, 5.41) is 4.31. The summed E-state index contributed by atoms with van der Waals surface area (Å²) in [5.41, 5.74) is 2.25. The first-order chi connectivity index (χ1) is 16.1. The quantitative estimate of drug-likeness (QED) is 0.509. The molecule has 1 fully saturated rings. The summed E-state index contributed by atoms with van der Waals surface area (Å²) in [6.45, 7) is 11.9. The maximum absolute atomic E-state index is 12.8. The van der Waals surface area contributed by atoms with Gasteiger partial charge in [-0.1, -0.05) is 37.3 Å². The summed E-state index contributed by atoms with van der Waals surface area (Å²) in [7, 11) is 0. The number of carbonyl (C=O) groups excluding carboxylic acids is 1. The monoisotopic (exact) mass is 465 g/mol. The molecular formula is C26H35N5OS. The number of para-hydroxylation sites is 1. The second kappa shape index (κ2) is 11.0. The lowest BCUT2D eigenvalue weighted by atomic mass is 10.1. The van der Waals surface area contributed by atoms with Crippen LogP contribution in [-0.4, -0.2) is 60.6 Å². The van der Waals surface area contributed by atoms with Gasteiger partial charge in [0.05, 0.1) is 4.70 Å². The Hall–Kier alpha value is -2.64. The molecule has 176 valence electrons. The first kappa shape index (κ1) is 23.5. The van der Waals surface area contributed by atoms with Gasteiger partial charge in [0.15, 0.2) is 0 Å². The van der Waals surface area contributed by atoms with E-state index >= 15 is 0 Å². The number of piperazine rings is 1.